The van der Waals surface area contributed by atoms with Crippen molar-refractivity contribution in [2.75, 3.05) is 0 Å². The lowest BCUT2D eigenvalue weighted by molar-refractivity contribution is -0.357. The van der Waals surface area contributed by atoms with Crippen LogP contribution in [0.15, 0.2) is 29.4 Å². The Kier molecular flexibility index (Phi) is 3.15. The molecule has 0 aliphatic heterocycles. The maximum Gasteiger partial charge on any atom is 0.360 e. The first kappa shape index (κ1) is 9.67. The van der Waals surface area contributed by atoms with E-state index in [4.69, 9.17) is 11.0 Å². The lowest BCUT2D eigenvalue weighted by Crippen LogP contribution is -2.72. The lowest BCUT2D eigenvalue weighted by Gasteiger charge is -1.92. The van der Waals surface area contributed by atoms with Crippen molar-refractivity contribution in [3.05, 3.63) is 29.2 Å². The van der Waals surface area contributed by atoms with Crippen molar-refractivity contribution in [1.29, 1.82) is 5.26 Å². The third kappa shape index (κ3) is 2.57. The summed E-state index contributed by atoms with van der Waals surface area (Å²) >= 11 is 0. The summed E-state index contributed by atoms with van der Waals surface area (Å²) in [4.78, 5) is 12.8. The average molecular weight is 190 g/mol. The Morgan fingerprint density at radius 1 is 1.50 bits per heavy atom. The topological polar surface area (TPSA) is 105 Å². The molecule has 0 unspecified atom stereocenters. The molecule has 1 rings (SSSR count). The van der Waals surface area contributed by atoms with E-state index in [2.05, 4.69) is 15.5 Å². The van der Waals surface area contributed by atoms with E-state index in [0.717, 1.165) is 0 Å². The van der Waals surface area contributed by atoms with Gasteiger partial charge in [0.2, 0.25) is 0 Å². The molecule has 0 heterocycles. The standard InChI is InChI=1S/C8H7N5O/c9-5-11-8(10)12-6-1-3-7(13-14)4-2-6/h1-4H,(H3,10,11,12)/p+1. The van der Waals surface area contributed by atoms with E-state index in [9.17, 15) is 4.91 Å². The van der Waals surface area contributed by atoms with Crippen LogP contribution in [0.3, 0.4) is 0 Å². The van der Waals surface area contributed by atoms with Crippen molar-refractivity contribution in [2.45, 2.75) is 0 Å². The predicted octanol–water partition coefficient (Wildman–Crippen LogP) is -0.818. The molecule has 6 nitrogen and oxygen atoms in total. The molecule has 0 radical (unpaired) electrons. The van der Waals surface area contributed by atoms with Crippen molar-refractivity contribution < 1.29 is 4.99 Å². The number of nitrogens with zero attached hydrogens (tertiary/aromatic N) is 2. The van der Waals surface area contributed by atoms with Crippen molar-refractivity contribution in [3.63, 3.8) is 0 Å². The van der Waals surface area contributed by atoms with Crippen molar-refractivity contribution in [3.8, 4) is 6.19 Å². The van der Waals surface area contributed by atoms with Crippen LogP contribution < -0.4 is 16.0 Å². The Morgan fingerprint density at radius 2 is 2.14 bits per heavy atom. The van der Waals surface area contributed by atoms with E-state index in [0.29, 0.717) is 11.4 Å². The lowest BCUT2D eigenvalue weighted by atomic mass is 10.3. The molecule has 14 heavy (non-hydrogen) atoms. The Labute approximate surface area is 80.0 Å². The second-order valence-corrected chi connectivity index (χ2v) is 2.41. The minimum absolute atomic E-state index is 0.124. The van der Waals surface area contributed by atoms with Crippen LogP contribution in [0.1, 0.15) is 0 Å². The highest BCUT2D eigenvalue weighted by atomic mass is 16.3. The summed E-state index contributed by atoms with van der Waals surface area (Å²) in [5.41, 5.74) is 6.37. The fourth-order valence-electron chi connectivity index (χ4n) is 0.853. The number of hydrogen-bond acceptors (Lipinski definition) is 3. The third-order valence-corrected chi connectivity index (χ3v) is 1.44. The van der Waals surface area contributed by atoms with Gasteiger partial charge in [-0.05, 0) is 29.4 Å². The molecule has 0 aliphatic rings. The van der Waals surface area contributed by atoms with Crippen LogP contribution in [-0.2, 0) is 0 Å². The summed E-state index contributed by atoms with van der Waals surface area (Å²) < 4.78 is 0. The first-order valence-corrected chi connectivity index (χ1v) is 3.74. The third-order valence-electron chi connectivity index (χ3n) is 1.44. The summed E-state index contributed by atoms with van der Waals surface area (Å²) in [6.07, 6.45) is 1.67. The molecular weight excluding hydrogens is 182 g/mol. The van der Waals surface area contributed by atoms with Crippen LogP contribution in [-0.4, -0.2) is 5.96 Å². The molecule has 0 bridgehead atoms. The fraction of sp³-hybridized carbons (Fsp3) is 0. The van der Waals surface area contributed by atoms with Crippen LogP contribution in [0, 0.1) is 16.4 Å². The van der Waals surface area contributed by atoms with Gasteiger partial charge < -0.3 is 0 Å². The van der Waals surface area contributed by atoms with Crippen LogP contribution in [0.4, 0.5) is 11.4 Å². The smallest absolute Gasteiger partial charge is 0.290 e. The largest absolute Gasteiger partial charge is 0.360 e. The molecule has 4 N–H and O–H groups in total. The van der Waals surface area contributed by atoms with Gasteiger partial charge >= 0.3 is 5.96 Å². The Hall–Kier alpha value is -2.42. The van der Waals surface area contributed by atoms with Crippen molar-refractivity contribution >= 4 is 17.3 Å². The van der Waals surface area contributed by atoms with Gasteiger partial charge in [0.1, 0.15) is 5.69 Å². The number of rotatable bonds is 2. The highest BCUT2D eigenvalue weighted by Gasteiger charge is 1.97. The molecule has 0 saturated carbocycles. The van der Waals surface area contributed by atoms with E-state index in [1.807, 2.05) is 0 Å². The number of nitrogens with two attached hydrogens (primary N) is 1. The van der Waals surface area contributed by atoms with E-state index < -0.39 is 0 Å². The molecule has 0 aromatic heterocycles. The maximum absolute atomic E-state index is 10.1. The second kappa shape index (κ2) is 4.57. The zero-order valence-electron chi connectivity index (χ0n) is 7.19. The summed E-state index contributed by atoms with van der Waals surface area (Å²) in [5, 5.41) is 13.2. The van der Waals surface area contributed by atoms with Crippen LogP contribution >= 0.6 is 0 Å². The Bertz CT molecular complexity index is 389. The fourth-order valence-corrected chi connectivity index (χ4v) is 0.853. The molecule has 6 heteroatoms. The number of guanidine groups is 1. The quantitative estimate of drug-likeness (QED) is 0.186. The van der Waals surface area contributed by atoms with E-state index in [1.165, 1.54) is 12.1 Å². The number of nitrogens with one attached hydrogen (secondary N) is 2. The zero-order valence-corrected chi connectivity index (χ0v) is 7.19. The van der Waals surface area contributed by atoms with Gasteiger partial charge in [-0.3, -0.25) is 5.73 Å². The maximum atomic E-state index is 10.1. The highest BCUT2D eigenvalue weighted by molar-refractivity contribution is 5.74. The molecule has 0 spiro atoms. The monoisotopic (exact) mass is 190 g/mol. The number of benzene rings is 1. The summed E-state index contributed by atoms with van der Waals surface area (Å²) in [6, 6.07) is 6.33. The normalized spacial score (nSPS) is 10.4. The summed E-state index contributed by atoms with van der Waals surface area (Å²) in [7, 11) is 0. The van der Waals surface area contributed by atoms with Crippen molar-refractivity contribution in [2.24, 2.45) is 10.9 Å². The minimum Gasteiger partial charge on any atom is -0.290 e. The van der Waals surface area contributed by atoms with Gasteiger partial charge in [-0.15, -0.1) is 4.91 Å². The van der Waals surface area contributed by atoms with Gasteiger partial charge in [-0.25, -0.2) is 4.99 Å². The molecule has 0 aliphatic carbocycles. The van der Waals surface area contributed by atoms with Gasteiger partial charge in [0.25, 0.3) is 6.19 Å². The van der Waals surface area contributed by atoms with Crippen LogP contribution in [0.2, 0.25) is 0 Å². The van der Waals surface area contributed by atoms with E-state index in [1.54, 1.807) is 18.3 Å². The molecule has 70 valence electrons. The zero-order chi connectivity index (χ0) is 10.4. The molecule has 0 amide bonds. The summed E-state index contributed by atoms with van der Waals surface area (Å²) in [6.45, 7) is 0. The first-order valence-electron chi connectivity index (χ1n) is 3.74. The molecule has 0 atom stereocenters. The average Bonchev–Trinajstić information content (AvgIpc) is 2.19. The van der Waals surface area contributed by atoms with Gasteiger partial charge in [0.05, 0.1) is 5.69 Å². The molecule has 0 fully saturated rings. The van der Waals surface area contributed by atoms with Crippen LogP contribution in [0.5, 0.6) is 0 Å². The van der Waals surface area contributed by atoms with Gasteiger partial charge in [-0.1, -0.05) is 0 Å². The minimum atomic E-state index is 0.124. The first-order chi connectivity index (χ1) is 6.76. The second-order valence-electron chi connectivity index (χ2n) is 2.41. The van der Waals surface area contributed by atoms with Gasteiger partial charge in [0.15, 0.2) is 0 Å². The van der Waals surface area contributed by atoms with Crippen molar-refractivity contribution in [1.82, 2.24) is 5.32 Å². The SMILES string of the molecule is N#CNC(N)=[NH+]c1ccc(N=O)cc1. The predicted molar refractivity (Wildman–Crippen MR) is 50.5 cm³/mol. The highest BCUT2D eigenvalue weighted by Crippen LogP contribution is 2.11. The number of hydrogen-bond donors (Lipinski definition) is 3. The molecule has 1 aromatic rings. The molecule has 1 aromatic carbocycles. The summed E-state index contributed by atoms with van der Waals surface area (Å²) in [5.74, 6) is 0.124. The Balaban J connectivity index is 2.83. The Morgan fingerprint density at radius 3 is 2.64 bits per heavy atom. The van der Waals surface area contributed by atoms with Gasteiger partial charge in [0, 0.05) is 0 Å². The molecular formula is C8H8N5O+. The van der Waals surface area contributed by atoms with E-state index in [-0.39, 0.29) is 5.96 Å². The number of nitriles is 1. The van der Waals surface area contributed by atoms with E-state index >= 15 is 0 Å². The number of nitroso groups, excluding NO2 is 1. The van der Waals surface area contributed by atoms with Crippen LogP contribution in [0.25, 0.3) is 0 Å². The molecule has 0 saturated heterocycles. The van der Waals surface area contributed by atoms with Gasteiger partial charge in [-0.2, -0.15) is 10.6 Å².